The maximum absolute atomic E-state index is 13.4. The van der Waals surface area contributed by atoms with Crippen molar-refractivity contribution < 1.29 is 14.3 Å². The van der Waals surface area contributed by atoms with Crippen LogP contribution < -0.4 is 10.1 Å². The first kappa shape index (κ1) is 22.1. The van der Waals surface area contributed by atoms with E-state index in [-0.39, 0.29) is 30.3 Å². The number of pyridine rings is 1. The van der Waals surface area contributed by atoms with E-state index in [1.165, 1.54) is 11.3 Å². The monoisotopic (exact) mass is 429 g/mol. The third-order valence-corrected chi connectivity index (χ3v) is 5.71. The molecular formula is C23H28ClN3O3. The molecule has 2 aromatic rings. The molecule has 1 aliphatic carbocycles. The van der Waals surface area contributed by atoms with Crippen LogP contribution in [0, 0.1) is 0 Å². The number of nitrogens with one attached hydrogen (secondary N) is 1. The SMILES string of the molecule is COc1ccccc1CN(C(=O)CCl)C(C(=O)NC1CCCCC1)c1cccnc1. The second kappa shape index (κ2) is 11.0. The van der Waals surface area contributed by atoms with Gasteiger partial charge in [-0.25, -0.2) is 0 Å². The van der Waals surface area contributed by atoms with Crippen molar-refractivity contribution in [2.75, 3.05) is 13.0 Å². The Labute approximate surface area is 182 Å². The standard InChI is InChI=1S/C23H28ClN3O3/c1-30-20-12-6-5-8-18(20)16-27(21(28)14-24)22(17-9-7-13-25-15-17)23(29)26-19-10-3-2-4-11-19/h5-9,12-13,15,19,22H,2-4,10-11,14,16H2,1H3,(H,26,29). The number of carbonyl (C=O) groups is 2. The molecule has 1 fully saturated rings. The molecule has 1 aliphatic rings. The fraction of sp³-hybridized carbons (Fsp3) is 0.435. The normalized spacial score (nSPS) is 15.3. The Kier molecular flexibility index (Phi) is 8.08. The summed E-state index contributed by atoms with van der Waals surface area (Å²) in [5.41, 5.74) is 1.46. The second-order valence-electron chi connectivity index (χ2n) is 7.50. The van der Waals surface area contributed by atoms with Gasteiger partial charge >= 0.3 is 0 Å². The predicted octanol–water partition coefficient (Wildman–Crippen LogP) is 3.85. The maximum atomic E-state index is 13.4. The lowest BCUT2D eigenvalue weighted by molar-refractivity contribution is -0.140. The zero-order valence-corrected chi connectivity index (χ0v) is 18.0. The highest BCUT2D eigenvalue weighted by molar-refractivity contribution is 6.27. The van der Waals surface area contributed by atoms with E-state index in [1.807, 2.05) is 30.3 Å². The van der Waals surface area contributed by atoms with Crippen molar-refractivity contribution in [3.63, 3.8) is 0 Å². The molecule has 160 valence electrons. The van der Waals surface area contributed by atoms with Gasteiger partial charge in [0.15, 0.2) is 0 Å². The topological polar surface area (TPSA) is 71.5 Å². The fourth-order valence-electron chi connectivity index (χ4n) is 3.95. The first-order valence-corrected chi connectivity index (χ1v) is 10.8. The predicted molar refractivity (Wildman–Crippen MR) is 116 cm³/mol. The van der Waals surface area contributed by atoms with Crippen molar-refractivity contribution in [3.05, 3.63) is 59.9 Å². The summed E-state index contributed by atoms with van der Waals surface area (Å²) in [7, 11) is 1.58. The number of alkyl halides is 1. The molecule has 0 aliphatic heterocycles. The lowest BCUT2D eigenvalue weighted by Crippen LogP contribution is -2.47. The molecule has 1 N–H and O–H groups in total. The van der Waals surface area contributed by atoms with Crippen molar-refractivity contribution in [3.8, 4) is 5.75 Å². The van der Waals surface area contributed by atoms with Crippen LogP contribution in [0.4, 0.5) is 0 Å². The molecule has 7 heteroatoms. The number of hydrogen-bond acceptors (Lipinski definition) is 4. The van der Waals surface area contributed by atoms with Gasteiger partial charge in [-0.1, -0.05) is 43.5 Å². The molecule has 30 heavy (non-hydrogen) atoms. The van der Waals surface area contributed by atoms with Gasteiger partial charge in [-0.2, -0.15) is 0 Å². The van der Waals surface area contributed by atoms with Crippen LogP contribution in [0.1, 0.15) is 49.3 Å². The average Bonchev–Trinajstić information content (AvgIpc) is 2.79. The van der Waals surface area contributed by atoms with E-state index in [4.69, 9.17) is 16.3 Å². The molecule has 3 rings (SSSR count). The number of amides is 2. The van der Waals surface area contributed by atoms with Crippen LogP contribution in [0.25, 0.3) is 0 Å². The highest BCUT2D eigenvalue weighted by Crippen LogP contribution is 2.28. The highest BCUT2D eigenvalue weighted by Gasteiger charge is 2.33. The summed E-state index contributed by atoms with van der Waals surface area (Å²) in [6.07, 6.45) is 8.60. The number of aromatic nitrogens is 1. The lowest BCUT2D eigenvalue weighted by atomic mass is 9.94. The van der Waals surface area contributed by atoms with Crippen molar-refractivity contribution in [2.24, 2.45) is 0 Å². The van der Waals surface area contributed by atoms with Crippen molar-refractivity contribution in [2.45, 2.75) is 50.7 Å². The van der Waals surface area contributed by atoms with Gasteiger partial charge in [-0.3, -0.25) is 14.6 Å². The van der Waals surface area contributed by atoms with Crippen LogP contribution in [0.3, 0.4) is 0 Å². The number of nitrogens with zero attached hydrogens (tertiary/aromatic N) is 2. The van der Waals surface area contributed by atoms with Crippen molar-refractivity contribution in [1.29, 1.82) is 0 Å². The van der Waals surface area contributed by atoms with Gasteiger partial charge < -0.3 is 15.0 Å². The molecule has 1 aromatic heterocycles. The van der Waals surface area contributed by atoms with Crippen molar-refractivity contribution >= 4 is 23.4 Å². The molecule has 1 atom stereocenters. The average molecular weight is 430 g/mol. The molecule has 2 amide bonds. The highest BCUT2D eigenvalue weighted by atomic mass is 35.5. The fourth-order valence-corrected chi connectivity index (χ4v) is 4.11. The number of benzene rings is 1. The first-order valence-electron chi connectivity index (χ1n) is 10.3. The van der Waals surface area contributed by atoms with Gasteiger partial charge in [0.05, 0.1) is 13.7 Å². The summed E-state index contributed by atoms with van der Waals surface area (Å²) < 4.78 is 5.44. The van der Waals surface area contributed by atoms with Crippen LogP contribution in [0.15, 0.2) is 48.8 Å². The number of hydrogen-bond donors (Lipinski definition) is 1. The number of halogens is 1. The lowest BCUT2D eigenvalue weighted by Gasteiger charge is -2.33. The molecular weight excluding hydrogens is 402 g/mol. The van der Waals surface area contributed by atoms with Crippen molar-refractivity contribution in [1.82, 2.24) is 15.2 Å². The maximum Gasteiger partial charge on any atom is 0.247 e. The number of para-hydroxylation sites is 1. The summed E-state index contributed by atoms with van der Waals surface area (Å²) in [6.45, 7) is 0.202. The molecule has 1 saturated carbocycles. The number of ether oxygens (including phenoxy) is 1. The first-order chi connectivity index (χ1) is 14.6. The van der Waals surface area contributed by atoms with E-state index < -0.39 is 6.04 Å². The quantitative estimate of drug-likeness (QED) is 0.647. The van der Waals surface area contributed by atoms with E-state index >= 15 is 0 Å². The van der Waals surface area contributed by atoms with Gasteiger partial charge in [-0.05, 0) is 25.0 Å². The van der Waals surface area contributed by atoms with Gasteiger partial charge in [-0.15, -0.1) is 11.6 Å². The summed E-state index contributed by atoms with van der Waals surface area (Å²) in [4.78, 5) is 32.0. The Morgan fingerprint density at radius 3 is 2.63 bits per heavy atom. The zero-order valence-electron chi connectivity index (χ0n) is 17.2. The largest absolute Gasteiger partial charge is 0.496 e. The van der Waals surface area contributed by atoms with Gasteiger partial charge in [0.1, 0.15) is 17.7 Å². The Morgan fingerprint density at radius 1 is 1.20 bits per heavy atom. The van der Waals surface area contributed by atoms with Crippen LogP contribution in [-0.2, 0) is 16.1 Å². The van der Waals surface area contributed by atoms with E-state index in [0.717, 1.165) is 31.2 Å². The molecule has 0 bridgehead atoms. The minimum atomic E-state index is -0.822. The van der Waals surface area contributed by atoms with Crippen LogP contribution in [0.2, 0.25) is 0 Å². The van der Waals surface area contributed by atoms with E-state index in [0.29, 0.717) is 11.3 Å². The summed E-state index contributed by atoms with van der Waals surface area (Å²) in [5.74, 6) is -0.0937. The third-order valence-electron chi connectivity index (χ3n) is 5.48. The molecule has 0 radical (unpaired) electrons. The third kappa shape index (κ3) is 5.51. The van der Waals surface area contributed by atoms with Gasteiger partial charge in [0.25, 0.3) is 0 Å². The molecule has 0 saturated heterocycles. The van der Waals surface area contributed by atoms with Gasteiger partial charge in [0, 0.05) is 29.6 Å². The van der Waals surface area contributed by atoms with E-state index in [2.05, 4.69) is 10.3 Å². The number of methoxy groups -OCH3 is 1. The van der Waals surface area contributed by atoms with Crippen LogP contribution in [0.5, 0.6) is 5.75 Å². The summed E-state index contributed by atoms with van der Waals surface area (Å²) in [6, 6.07) is 10.3. The minimum Gasteiger partial charge on any atom is -0.496 e. The summed E-state index contributed by atoms with van der Waals surface area (Å²) >= 11 is 5.94. The smallest absolute Gasteiger partial charge is 0.247 e. The van der Waals surface area contributed by atoms with E-state index in [1.54, 1.807) is 25.6 Å². The second-order valence-corrected chi connectivity index (χ2v) is 7.77. The molecule has 6 nitrogen and oxygen atoms in total. The van der Waals surface area contributed by atoms with E-state index in [9.17, 15) is 9.59 Å². The Morgan fingerprint density at radius 2 is 1.97 bits per heavy atom. The Balaban J connectivity index is 1.94. The van der Waals surface area contributed by atoms with Crippen LogP contribution >= 0.6 is 11.6 Å². The zero-order chi connectivity index (χ0) is 21.3. The van der Waals surface area contributed by atoms with Crippen LogP contribution in [-0.4, -0.2) is 40.7 Å². The molecule has 1 aromatic carbocycles. The number of rotatable bonds is 8. The Bertz CT molecular complexity index is 841. The molecule has 0 spiro atoms. The summed E-state index contributed by atoms with van der Waals surface area (Å²) in [5, 5.41) is 3.16. The molecule has 1 unspecified atom stereocenters. The minimum absolute atomic E-state index is 0.129. The Hall–Kier alpha value is -2.60. The number of carbonyl (C=O) groups excluding carboxylic acids is 2. The van der Waals surface area contributed by atoms with Gasteiger partial charge in [0.2, 0.25) is 11.8 Å². The molecule has 1 heterocycles.